The maximum absolute atomic E-state index is 3.68. The molecule has 2 saturated heterocycles. The lowest BCUT2D eigenvalue weighted by molar-refractivity contribution is 0.256. The Morgan fingerprint density at radius 1 is 0.906 bits per heavy atom. The molecule has 3 aliphatic rings. The van der Waals surface area contributed by atoms with Gasteiger partial charge in [0, 0.05) is 28.5 Å². The first-order valence-corrected chi connectivity index (χ1v) is 12.4. The minimum atomic E-state index is 0.677. The van der Waals surface area contributed by atoms with Crippen molar-refractivity contribution in [3.63, 3.8) is 0 Å². The third-order valence-corrected chi connectivity index (χ3v) is 7.90. The summed E-state index contributed by atoms with van der Waals surface area (Å²) in [5.41, 5.74) is 9.59. The van der Waals surface area contributed by atoms with Gasteiger partial charge in [-0.25, -0.2) is 0 Å². The summed E-state index contributed by atoms with van der Waals surface area (Å²) in [7, 11) is 2.23. The Hall–Kier alpha value is -2.56. The minimum absolute atomic E-state index is 0.677. The average molecular weight is 427 g/mol. The number of H-pyrrole nitrogens is 1. The molecule has 0 bridgehead atoms. The molecule has 0 radical (unpaired) electrons. The zero-order valence-corrected chi connectivity index (χ0v) is 19.1. The first-order chi connectivity index (χ1) is 15.7. The predicted octanol–water partition coefficient (Wildman–Crippen LogP) is 5.66. The van der Waals surface area contributed by atoms with Gasteiger partial charge in [0.15, 0.2) is 0 Å². The number of fused-ring (bicyclic) bond motifs is 2. The maximum Gasteiger partial charge on any atom is 0.0477 e. The van der Waals surface area contributed by atoms with Crippen LogP contribution in [0.4, 0.5) is 11.4 Å². The lowest BCUT2D eigenvalue weighted by Gasteiger charge is -2.28. The summed E-state index contributed by atoms with van der Waals surface area (Å²) in [5.74, 6) is 1.39. The SMILES string of the molecule is CN1CCC(c2c[nH]c3cc(Nc4ccc5c(c4)C(C4CCNCC4)=CC5)ccc23)CC1. The second-order valence-corrected chi connectivity index (χ2v) is 9.97. The van der Waals surface area contributed by atoms with Gasteiger partial charge in [-0.1, -0.05) is 18.2 Å². The molecule has 0 saturated carbocycles. The molecule has 0 spiro atoms. The number of nitrogens with zero attached hydrogens (tertiary/aromatic N) is 1. The van der Waals surface area contributed by atoms with Gasteiger partial charge in [0.1, 0.15) is 0 Å². The summed E-state index contributed by atoms with van der Waals surface area (Å²) in [6, 6.07) is 13.7. The monoisotopic (exact) mass is 426 g/mol. The molecule has 6 rings (SSSR count). The molecule has 2 aromatic carbocycles. The van der Waals surface area contributed by atoms with Crippen LogP contribution in [0.25, 0.3) is 16.5 Å². The number of allylic oxidation sites excluding steroid dienone is 2. The zero-order chi connectivity index (χ0) is 21.5. The lowest BCUT2D eigenvalue weighted by Crippen LogP contribution is -2.29. The van der Waals surface area contributed by atoms with Crippen LogP contribution in [0.3, 0.4) is 0 Å². The van der Waals surface area contributed by atoms with Crippen molar-refractivity contribution < 1.29 is 0 Å². The third-order valence-electron chi connectivity index (χ3n) is 7.90. The van der Waals surface area contributed by atoms with Crippen molar-refractivity contribution in [1.29, 1.82) is 0 Å². The van der Waals surface area contributed by atoms with Crippen molar-refractivity contribution in [2.24, 2.45) is 5.92 Å². The topological polar surface area (TPSA) is 43.1 Å². The van der Waals surface area contributed by atoms with Crippen LogP contribution >= 0.6 is 0 Å². The molecular weight excluding hydrogens is 392 g/mol. The van der Waals surface area contributed by atoms with Crippen molar-refractivity contribution in [1.82, 2.24) is 15.2 Å². The van der Waals surface area contributed by atoms with Gasteiger partial charge in [-0.3, -0.25) is 0 Å². The standard InChI is InChI=1S/C28H34N4/c1-32-14-10-21(11-15-32)27-18-30-28-17-23(5-7-25(27)28)31-22-4-2-19-3-6-24(26(19)16-22)20-8-12-29-13-9-20/h2,4-7,16-18,20-21,29-31H,3,8-15H2,1H3. The Morgan fingerprint density at radius 3 is 2.53 bits per heavy atom. The van der Waals surface area contributed by atoms with Crippen LogP contribution in [0.15, 0.2) is 48.7 Å². The molecule has 4 nitrogen and oxygen atoms in total. The highest BCUT2D eigenvalue weighted by molar-refractivity contribution is 5.88. The smallest absolute Gasteiger partial charge is 0.0477 e. The molecule has 32 heavy (non-hydrogen) atoms. The van der Waals surface area contributed by atoms with E-state index in [1.165, 1.54) is 72.1 Å². The number of aromatic amines is 1. The van der Waals surface area contributed by atoms with Crippen LogP contribution in [-0.2, 0) is 6.42 Å². The molecule has 0 amide bonds. The van der Waals surface area contributed by atoms with Crippen LogP contribution in [0, 0.1) is 5.92 Å². The van der Waals surface area contributed by atoms with Crippen LogP contribution in [0.1, 0.15) is 48.3 Å². The van der Waals surface area contributed by atoms with Gasteiger partial charge in [-0.15, -0.1) is 0 Å². The molecule has 2 aliphatic heterocycles. The first kappa shape index (κ1) is 20.1. The van der Waals surface area contributed by atoms with Crippen molar-refractivity contribution >= 4 is 27.9 Å². The highest BCUT2D eigenvalue weighted by Crippen LogP contribution is 2.39. The van der Waals surface area contributed by atoms with E-state index in [0.29, 0.717) is 11.8 Å². The van der Waals surface area contributed by atoms with Crippen molar-refractivity contribution in [3.05, 3.63) is 65.4 Å². The largest absolute Gasteiger partial charge is 0.361 e. The van der Waals surface area contributed by atoms with E-state index in [9.17, 15) is 0 Å². The predicted molar refractivity (Wildman–Crippen MR) is 135 cm³/mol. The van der Waals surface area contributed by atoms with Gasteiger partial charge in [0.2, 0.25) is 0 Å². The third kappa shape index (κ3) is 3.76. The molecule has 3 N–H and O–H groups in total. The molecule has 0 unspecified atom stereocenters. The maximum atomic E-state index is 3.68. The molecule has 2 fully saturated rings. The lowest BCUT2D eigenvalue weighted by atomic mass is 9.86. The van der Waals surface area contributed by atoms with E-state index in [-0.39, 0.29) is 0 Å². The Kier molecular flexibility index (Phi) is 5.28. The van der Waals surface area contributed by atoms with E-state index in [1.54, 1.807) is 5.57 Å². The number of aromatic nitrogens is 1. The van der Waals surface area contributed by atoms with E-state index in [2.05, 4.69) is 76.2 Å². The Balaban J connectivity index is 1.22. The van der Waals surface area contributed by atoms with Crippen molar-refractivity contribution in [3.8, 4) is 0 Å². The molecule has 4 heteroatoms. The molecule has 1 aromatic heterocycles. The molecule has 0 atom stereocenters. The van der Waals surface area contributed by atoms with Gasteiger partial charge < -0.3 is 20.5 Å². The summed E-state index contributed by atoms with van der Waals surface area (Å²) >= 11 is 0. The van der Waals surface area contributed by atoms with E-state index in [4.69, 9.17) is 0 Å². The van der Waals surface area contributed by atoms with E-state index in [0.717, 1.165) is 25.2 Å². The van der Waals surface area contributed by atoms with E-state index >= 15 is 0 Å². The average Bonchev–Trinajstić information content (AvgIpc) is 3.44. The summed E-state index contributed by atoms with van der Waals surface area (Å²) in [6.07, 6.45) is 10.8. The zero-order valence-electron chi connectivity index (χ0n) is 19.1. The van der Waals surface area contributed by atoms with Gasteiger partial charge in [-0.05, 0) is 124 Å². The minimum Gasteiger partial charge on any atom is -0.361 e. The fourth-order valence-electron chi connectivity index (χ4n) is 6.00. The summed E-state index contributed by atoms with van der Waals surface area (Å²) in [4.78, 5) is 5.99. The molecule has 166 valence electrons. The molecule has 3 aromatic rings. The van der Waals surface area contributed by atoms with Crippen LogP contribution in [0.2, 0.25) is 0 Å². The van der Waals surface area contributed by atoms with Gasteiger partial charge in [0.05, 0.1) is 0 Å². The number of hydrogen-bond acceptors (Lipinski definition) is 3. The Morgan fingerprint density at radius 2 is 1.69 bits per heavy atom. The van der Waals surface area contributed by atoms with Crippen LogP contribution in [-0.4, -0.2) is 43.1 Å². The normalized spacial score (nSPS) is 20.5. The second-order valence-electron chi connectivity index (χ2n) is 9.97. The Labute approximate surface area is 191 Å². The van der Waals surface area contributed by atoms with E-state index < -0.39 is 0 Å². The summed E-state index contributed by atoms with van der Waals surface area (Å²) < 4.78 is 0. The van der Waals surface area contributed by atoms with Gasteiger partial charge in [0.25, 0.3) is 0 Å². The number of benzene rings is 2. The second kappa shape index (κ2) is 8.42. The number of anilines is 2. The number of nitrogens with one attached hydrogen (secondary N) is 3. The van der Waals surface area contributed by atoms with Crippen LogP contribution < -0.4 is 10.6 Å². The fourth-order valence-corrected chi connectivity index (χ4v) is 6.00. The fraction of sp³-hybridized carbons (Fsp3) is 0.429. The number of rotatable bonds is 4. The summed E-state index contributed by atoms with van der Waals surface area (Å²) in [5, 5.41) is 8.56. The highest BCUT2D eigenvalue weighted by atomic mass is 15.1. The van der Waals surface area contributed by atoms with E-state index in [1.807, 2.05) is 0 Å². The number of hydrogen-bond donors (Lipinski definition) is 3. The van der Waals surface area contributed by atoms with Crippen molar-refractivity contribution in [2.75, 3.05) is 38.5 Å². The highest BCUT2D eigenvalue weighted by Gasteiger charge is 2.24. The number of piperidine rings is 2. The molecule has 3 heterocycles. The summed E-state index contributed by atoms with van der Waals surface area (Å²) in [6.45, 7) is 4.68. The first-order valence-electron chi connectivity index (χ1n) is 12.4. The van der Waals surface area contributed by atoms with Gasteiger partial charge >= 0.3 is 0 Å². The Bertz CT molecular complexity index is 1140. The van der Waals surface area contributed by atoms with Gasteiger partial charge in [-0.2, -0.15) is 0 Å². The quantitative estimate of drug-likeness (QED) is 0.504. The van der Waals surface area contributed by atoms with Crippen molar-refractivity contribution in [2.45, 2.75) is 38.0 Å². The van der Waals surface area contributed by atoms with Crippen LogP contribution in [0.5, 0.6) is 0 Å². The number of likely N-dealkylation sites (tertiary alicyclic amines) is 1. The molecule has 1 aliphatic carbocycles. The molecular formula is C28H34N4.